The zero-order valence-electron chi connectivity index (χ0n) is 18.9. The highest BCUT2D eigenvalue weighted by Crippen LogP contribution is 2.31. The lowest BCUT2D eigenvalue weighted by Gasteiger charge is -2.17. The van der Waals surface area contributed by atoms with Crippen molar-refractivity contribution in [2.24, 2.45) is 5.92 Å². The molecule has 0 aliphatic carbocycles. The lowest BCUT2D eigenvalue weighted by Crippen LogP contribution is -2.27. The molecule has 35 heavy (non-hydrogen) atoms. The highest BCUT2D eigenvalue weighted by Gasteiger charge is 2.37. The van der Waals surface area contributed by atoms with Gasteiger partial charge in [0.25, 0.3) is 0 Å². The first-order valence-electron chi connectivity index (χ1n) is 11.0. The molecule has 7 nitrogen and oxygen atoms in total. The van der Waals surface area contributed by atoms with Gasteiger partial charge in [0.15, 0.2) is 12.4 Å². The Morgan fingerprint density at radius 3 is 2.29 bits per heavy atom. The van der Waals surface area contributed by atoms with Crippen LogP contribution in [0.25, 0.3) is 0 Å². The minimum atomic E-state index is -0.685. The van der Waals surface area contributed by atoms with E-state index in [-0.39, 0.29) is 24.6 Å². The van der Waals surface area contributed by atoms with Crippen molar-refractivity contribution in [1.82, 2.24) is 0 Å². The number of Topliss-reactive ketones (excluding diaryl/α,β-unsaturated/α-hetero) is 1. The number of carbonyl (C=O) groups is 4. The number of amides is 1. The first-order chi connectivity index (χ1) is 16.8. The van der Waals surface area contributed by atoms with Gasteiger partial charge in [0, 0.05) is 18.5 Å². The molecule has 1 saturated heterocycles. The Hall–Kier alpha value is -3.97. The maximum atomic E-state index is 12.5. The molecule has 178 valence electrons. The maximum Gasteiger partial charge on any atom is 0.343 e. The van der Waals surface area contributed by atoms with Crippen LogP contribution in [0.5, 0.6) is 5.75 Å². The number of para-hydroxylation sites is 1. The van der Waals surface area contributed by atoms with E-state index in [0.29, 0.717) is 21.8 Å². The van der Waals surface area contributed by atoms with Crippen LogP contribution in [-0.4, -0.2) is 36.8 Å². The van der Waals surface area contributed by atoms with Crippen molar-refractivity contribution in [3.63, 3.8) is 0 Å². The van der Waals surface area contributed by atoms with Crippen LogP contribution < -0.4 is 9.64 Å². The molecular formula is C27H22ClNO6. The molecule has 1 aliphatic heterocycles. The largest absolute Gasteiger partial charge is 0.457 e. The van der Waals surface area contributed by atoms with Crippen molar-refractivity contribution in [2.75, 3.05) is 18.1 Å². The Morgan fingerprint density at radius 1 is 0.943 bits per heavy atom. The lowest BCUT2D eigenvalue weighted by atomic mass is 10.1. The van der Waals surface area contributed by atoms with E-state index in [1.54, 1.807) is 36.4 Å². The zero-order valence-corrected chi connectivity index (χ0v) is 19.7. The molecular weight excluding hydrogens is 470 g/mol. The van der Waals surface area contributed by atoms with Gasteiger partial charge in [-0.15, -0.1) is 0 Å². The highest BCUT2D eigenvalue weighted by atomic mass is 35.5. The van der Waals surface area contributed by atoms with Crippen LogP contribution in [0.2, 0.25) is 5.02 Å². The minimum Gasteiger partial charge on any atom is -0.457 e. The Bertz CT molecular complexity index is 1270. The van der Waals surface area contributed by atoms with Gasteiger partial charge in [-0.05, 0) is 55.5 Å². The van der Waals surface area contributed by atoms with E-state index in [0.717, 1.165) is 5.56 Å². The topological polar surface area (TPSA) is 90.0 Å². The number of hydrogen-bond donors (Lipinski definition) is 0. The van der Waals surface area contributed by atoms with E-state index in [4.69, 9.17) is 21.1 Å². The summed E-state index contributed by atoms with van der Waals surface area (Å²) in [5.41, 5.74) is 2.28. The van der Waals surface area contributed by atoms with Crippen LogP contribution in [0, 0.1) is 12.8 Å². The molecule has 3 aromatic carbocycles. The molecule has 1 atom stereocenters. The number of anilines is 1. The van der Waals surface area contributed by atoms with Gasteiger partial charge >= 0.3 is 11.9 Å². The van der Waals surface area contributed by atoms with Gasteiger partial charge in [0.1, 0.15) is 5.75 Å². The monoisotopic (exact) mass is 491 g/mol. The van der Waals surface area contributed by atoms with E-state index in [1.165, 1.54) is 29.2 Å². The van der Waals surface area contributed by atoms with Gasteiger partial charge in [0.2, 0.25) is 5.91 Å². The fourth-order valence-corrected chi connectivity index (χ4v) is 3.91. The van der Waals surface area contributed by atoms with E-state index in [9.17, 15) is 19.2 Å². The first kappa shape index (κ1) is 24.2. The summed E-state index contributed by atoms with van der Waals surface area (Å²) in [7, 11) is 0. The minimum absolute atomic E-state index is 0.0146. The summed E-state index contributed by atoms with van der Waals surface area (Å²) in [4.78, 5) is 51.0. The molecule has 1 amide bonds. The molecule has 1 fully saturated rings. The number of nitrogens with zero attached hydrogens (tertiary/aromatic N) is 1. The van der Waals surface area contributed by atoms with Crippen LogP contribution in [0.3, 0.4) is 0 Å². The number of carbonyl (C=O) groups excluding carboxylic acids is 4. The Labute approximate surface area is 207 Å². The lowest BCUT2D eigenvalue weighted by molar-refractivity contribution is -0.147. The fraction of sp³-hybridized carbons (Fsp3) is 0.185. The number of ketones is 1. The highest BCUT2D eigenvalue weighted by molar-refractivity contribution is 6.33. The summed E-state index contributed by atoms with van der Waals surface area (Å²) in [5.74, 6) is -2.17. The summed E-state index contributed by atoms with van der Waals surface area (Å²) < 4.78 is 10.5. The average molecular weight is 492 g/mol. The molecule has 0 spiro atoms. The molecule has 4 rings (SSSR count). The second-order valence-corrected chi connectivity index (χ2v) is 8.57. The van der Waals surface area contributed by atoms with Gasteiger partial charge in [-0.1, -0.05) is 41.4 Å². The average Bonchev–Trinajstić information content (AvgIpc) is 3.25. The molecule has 0 radical (unpaired) electrons. The van der Waals surface area contributed by atoms with E-state index in [2.05, 4.69) is 0 Å². The van der Waals surface area contributed by atoms with Crippen molar-refractivity contribution in [2.45, 2.75) is 13.3 Å². The van der Waals surface area contributed by atoms with Crippen LogP contribution in [0.15, 0.2) is 72.8 Å². The molecule has 1 aliphatic rings. The molecule has 1 heterocycles. The molecule has 0 bridgehead atoms. The van der Waals surface area contributed by atoms with Crippen LogP contribution in [0.4, 0.5) is 5.69 Å². The van der Waals surface area contributed by atoms with Crippen molar-refractivity contribution in [1.29, 1.82) is 0 Å². The molecule has 8 heteroatoms. The molecule has 3 aromatic rings. The third kappa shape index (κ3) is 5.75. The third-order valence-corrected chi connectivity index (χ3v) is 5.94. The number of esters is 2. The Kier molecular flexibility index (Phi) is 7.27. The summed E-state index contributed by atoms with van der Waals surface area (Å²) >= 11 is 6.16. The van der Waals surface area contributed by atoms with Gasteiger partial charge in [0.05, 0.1) is 22.2 Å². The van der Waals surface area contributed by atoms with Gasteiger partial charge in [-0.25, -0.2) is 4.79 Å². The van der Waals surface area contributed by atoms with Gasteiger partial charge < -0.3 is 14.4 Å². The van der Waals surface area contributed by atoms with Crippen molar-refractivity contribution in [3.05, 3.63) is 94.5 Å². The fourth-order valence-electron chi connectivity index (χ4n) is 3.67. The van der Waals surface area contributed by atoms with Crippen LogP contribution in [0.1, 0.15) is 32.7 Å². The Balaban J connectivity index is 1.29. The summed E-state index contributed by atoms with van der Waals surface area (Å²) in [6.45, 7) is 1.60. The number of ether oxygens (including phenoxy) is 2. The Morgan fingerprint density at radius 2 is 1.60 bits per heavy atom. The molecule has 0 N–H and O–H groups in total. The van der Waals surface area contributed by atoms with Crippen molar-refractivity contribution in [3.8, 4) is 5.75 Å². The quantitative estimate of drug-likeness (QED) is 0.271. The second kappa shape index (κ2) is 10.5. The predicted molar refractivity (Wildman–Crippen MR) is 130 cm³/mol. The smallest absolute Gasteiger partial charge is 0.343 e. The third-order valence-electron chi connectivity index (χ3n) is 5.62. The van der Waals surface area contributed by atoms with E-state index in [1.807, 2.05) is 19.1 Å². The van der Waals surface area contributed by atoms with Crippen LogP contribution >= 0.6 is 11.6 Å². The van der Waals surface area contributed by atoms with Gasteiger partial charge in [-0.3, -0.25) is 14.4 Å². The summed E-state index contributed by atoms with van der Waals surface area (Å²) in [6.07, 6.45) is -0.0146. The number of aryl methyl sites for hydroxylation is 1. The molecule has 0 saturated carbocycles. The second-order valence-electron chi connectivity index (χ2n) is 8.17. The van der Waals surface area contributed by atoms with Crippen molar-refractivity contribution >= 4 is 40.9 Å². The SMILES string of the molecule is Cc1ccc(C(=O)Oc2ccc(C(=O)COC(=O)[C@H]3CC(=O)N(c4ccccc4Cl)C3)cc2)cc1. The maximum absolute atomic E-state index is 12.5. The van der Waals surface area contributed by atoms with E-state index < -0.39 is 30.2 Å². The first-order valence-corrected chi connectivity index (χ1v) is 11.3. The van der Waals surface area contributed by atoms with E-state index >= 15 is 0 Å². The van der Waals surface area contributed by atoms with Crippen molar-refractivity contribution < 1.29 is 28.7 Å². The summed E-state index contributed by atoms with van der Waals surface area (Å²) in [6, 6.07) is 19.9. The normalized spacial score (nSPS) is 15.1. The number of halogens is 1. The van der Waals surface area contributed by atoms with Crippen LogP contribution in [-0.2, 0) is 14.3 Å². The number of hydrogen-bond acceptors (Lipinski definition) is 6. The molecule has 0 unspecified atom stereocenters. The zero-order chi connectivity index (χ0) is 24.9. The van der Waals surface area contributed by atoms with Gasteiger partial charge in [-0.2, -0.15) is 0 Å². The molecule has 0 aromatic heterocycles. The standard InChI is InChI=1S/C27H22ClNO6/c1-17-6-8-19(9-7-17)27(33)35-21-12-10-18(11-13-21)24(30)16-34-26(32)20-14-25(31)29(15-20)23-5-3-2-4-22(23)28/h2-13,20H,14-16H2,1H3/t20-/m0/s1. The number of rotatable bonds is 7. The number of benzene rings is 3. The predicted octanol–water partition coefficient (Wildman–Crippen LogP) is 4.65. The summed E-state index contributed by atoms with van der Waals surface area (Å²) in [5, 5.41) is 0.415.